The van der Waals surface area contributed by atoms with E-state index in [0.29, 0.717) is 17.9 Å². The highest BCUT2D eigenvalue weighted by molar-refractivity contribution is 8.00. The van der Waals surface area contributed by atoms with Crippen LogP contribution in [-0.2, 0) is 11.2 Å². The molecule has 4 rings (SSSR count). The summed E-state index contributed by atoms with van der Waals surface area (Å²) < 4.78 is 2.37. The van der Waals surface area contributed by atoms with E-state index in [1.165, 1.54) is 43.4 Å². The molecule has 1 amide bonds. The molecular weight excluding hydrogens is 412 g/mol. The molecule has 3 heterocycles. The number of hydrogen-bond donors (Lipinski definition) is 0. The highest BCUT2D eigenvalue weighted by atomic mass is 32.2. The number of piperidine rings is 1. The molecule has 2 aliphatic rings. The minimum Gasteiger partial charge on any atom is -0.341 e. The fourth-order valence-corrected chi connectivity index (χ4v) is 6.82. The number of thioether (sulfide) groups is 1. The van der Waals surface area contributed by atoms with Crippen molar-refractivity contribution < 1.29 is 4.79 Å². The summed E-state index contributed by atoms with van der Waals surface area (Å²) in [6, 6.07) is 4.73. The van der Waals surface area contributed by atoms with Gasteiger partial charge in [-0.05, 0) is 49.5 Å². The number of hydrogen-bond acceptors (Lipinski definition) is 5. The molecule has 7 heteroatoms. The molecule has 2 fully saturated rings. The van der Waals surface area contributed by atoms with Crippen molar-refractivity contribution >= 4 is 29.0 Å². The number of aromatic nitrogens is 3. The Bertz CT molecular complexity index is 818. The summed E-state index contributed by atoms with van der Waals surface area (Å²) in [5.74, 6) is 2.46. The lowest BCUT2D eigenvalue weighted by Crippen LogP contribution is -2.45. The molecule has 1 saturated carbocycles. The second kappa shape index (κ2) is 9.86. The van der Waals surface area contributed by atoms with E-state index < -0.39 is 0 Å². The predicted octanol–water partition coefficient (Wildman–Crippen LogP) is 5.42. The minimum atomic E-state index is -0.136. The largest absolute Gasteiger partial charge is 0.341 e. The third-order valence-corrected chi connectivity index (χ3v) is 8.32. The number of thiophene rings is 1. The minimum absolute atomic E-state index is 0.136. The summed E-state index contributed by atoms with van der Waals surface area (Å²) in [5.41, 5.74) is 0. The molecule has 30 heavy (non-hydrogen) atoms. The van der Waals surface area contributed by atoms with Gasteiger partial charge in [-0.2, -0.15) is 0 Å². The van der Waals surface area contributed by atoms with Crippen LogP contribution in [0.5, 0.6) is 0 Å². The Balaban J connectivity index is 1.52. The van der Waals surface area contributed by atoms with Crippen LogP contribution in [0.3, 0.4) is 0 Å². The molecule has 1 saturated heterocycles. The van der Waals surface area contributed by atoms with E-state index in [1.54, 1.807) is 23.1 Å². The molecule has 0 spiro atoms. The third kappa shape index (κ3) is 5.10. The average Bonchev–Trinajstić information content (AvgIpc) is 3.38. The van der Waals surface area contributed by atoms with Gasteiger partial charge in [0.2, 0.25) is 5.91 Å². The van der Waals surface area contributed by atoms with Crippen LogP contribution >= 0.6 is 23.1 Å². The van der Waals surface area contributed by atoms with E-state index in [1.807, 2.05) is 6.92 Å². The first-order chi connectivity index (χ1) is 14.5. The molecule has 1 aliphatic carbocycles. The lowest BCUT2D eigenvalue weighted by molar-refractivity contribution is -0.132. The van der Waals surface area contributed by atoms with Crippen LogP contribution in [0.25, 0.3) is 0 Å². The van der Waals surface area contributed by atoms with Gasteiger partial charge < -0.3 is 9.47 Å². The Kier molecular flexibility index (Phi) is 7.19. The Hall–Kier alpha value is -1.34. The van der Waals surface area contributed by atoms with Crippen LogP contribution in [0.15, 0.2) is 22.7 Å². The van der Waals surface area contributed by atoms with E-state index in [9.17, 15) is 4.79 Å². The number of rotatable bonds is 6. The Labute approximate surface area is 188 Å². The van der Waals surface area contributed by atoms with E-state index >= 15 is 0 Å². The van der Waals surface area contributed by atoms with Crippen molar-refractivity contribution in [3.63, 3.8) is 0 Å². The Morgan fingerprint density at radius 2 is 1.93 bits per heavy atom. The van der Waals surface area contributed by atoms with Gasteiger partial charge in [0.15, 0.2) is 5.16 Å². The molecule has 3 unspecified atom stereocenters. The molecule has 2 aromatic heterocycles. The zero-order valence-electron chi connectivity index (χ0n) is 18.4. The zero-order valence-corrected chi connectivity index (χ0v) is 20.1. The molecule has 0 N–H and O–H groups in total. The monoisotopic (exact) mass is 446 g/mol. The quantitative estimate of drug-likeness (QED) is 0.556. The van der Waals surface area contributed by atoms with Gasteiger partial charge in [-0.3, -0.25) is 4.79 Å². The van der Waals surface area contributed by atoms with Crippen molar-refractivity contribution in [2.45, 2.75) is 82.2 Å². The first-order valence-corrected chi connectivity index (χ1v) is 13.2. The molecule has 2 aromatic rings. The third-order valence-electron chi connectivity index (χ3n) is 6.40. The van der Waals surface area contributed by atoms with Gasteiger partial charge in [0, 0.05) is 30.4 Å². The smallest absolute Gasteiger partial charge is 0.235 e. The second-order valence-corrected chi connectivity index (χ2v) is 11.6. The van der Waals surface area contributed by atoms with Crippen molar-refractivity contribution in [1.82, 2.24) is 19.7 Å². The summed E-state index contributed by atoms with van der Waals surface area (Å²) in [7, 11) is 0. The van der Waals surface area contributed by atoms with E-state index in [4.69, 9.17) is 0 Å². The van der Waals surface area contributed by atoms with Crippen molar-refractivity contribution in [2.24, 2.45) is 11.8 Å². The number of carbonyl (C=O) groups excluding carboxylic acids is 1. The van der Waals surface area contributed by atoms with Gasteiger partial charge in [0.05, 0.1) is 5.25 Å². The molecular formula is C23H34N4OS2. The standard InChI is InChI=1S/C23H34N4OS2/c1-16-12-17(2)15-26(14-16)22(28)18(3)30-23-25-24-21(13-20-10-7-11-29-20)27(23)19-8-5-4-6-9-19/h7,10-11,16-19H,4-6,8-9,12-15H2,1-3H3. The lowest BCUT2D eigenvalue weighted by atomic mass is 9.92. The first kappa shape index (κ1) is 21.9. The number of amides is 1. The second-order valence-electron chi connectivity index (χ2n) is 9.27. The molecule has 1 aliphatic heterocycles. The van der Waals surface area contributed by atoms with E-state index in [2.05, 4.69) is 51.0 Å². The summed E-state index contributed by atoms with van der Waals surface area (Å²) >= 11 is 3.37. The van der Waals surface area contributed by atoms with Gasteiger partial charge >= 0.3 is 0 Å². The normalized spacial score (nSPS) is 24.2. The van der Waals surface area contributed by atoms with Crippen LogP contribution < -0.4 is 0 Å². The molecule has 0 radical (unpaired) electrons. The van der Waals surface area contributed by atoms with Crippen LogP contribution in [0.4, 0.5) is 0 Å². The average molecular weight is 447 g/mol. The van der Waals surface area contributed by atoms with Crippen molar-refractivity contribution in [2.75, 3.05) is 13.1 Å². The van der Waals surface area contributed by atoms with Gasteiger partial charge in [-0.15, -0.1) is 21.5 Å². The van der Waals surface area contributed by atoms with Crippen molar-refractivity contribution in [1.29, 1.82) is 0 Å². The van der Waals surface area contributed by atoms with Crippen molar-refractivity contribution in [3.8, 4) is 0 Å². The maximum Gasteiger partial charge on any atom is 0.235 e. The molecule has 0 bridgehead atoms. The molecule has 3 atom stereocenters. The van der Waals surface area contributed by atoms with E-state index in [0.717, 1.165) is 30.5 Å². The molecule has 0 aromatic carbocycles. The summed E-state index contributed by atoms with van der Waals surface area (Å²) in [6.45, 7) is 8.31. The summed E-state index contributed by atoms with van der Waals surface area (Å²) in [4.78, 5) is 16.6. The van der Waals surface area contributed by atoms with E-state index in [-0.39, 0.29) is 11.2 Å². The zero-order chi connectivity index (χ0) is 21.1. The topological polar surface area (TPSA) is 51.0 Å². The predicted molar refractivity (Wildman–Crippen MR) is 124 cm³/mol. The number of carbonyl (C=O) groups is 1. The Morgan fingerprint density at radius 1 is 1.20 bits per heavy atom. The number of nitrogens with zero attached hydrogens (tertiary/aromatic N) is 4. The lowest BCUT2D eigenvalue weighted by Gasteiger charge is -2.36. The van der Waals surface area contributed by atoms with Crippen molar-refractivity contribution in [3.05, 3.63) is 28.2 Å². The molecule has 5 nitrogen and oxygen atoms in total. The molecule has 164 valence electrons. The summed E-state index contributed by atoms with van der Waals surface area (Å²) in [5, 5.41) is 12.1. The maximum atomic E-state index is 13.2. The Morgan fingerprint density at radius 3 is 2.60 bits per heavy atom. The first-order valence-electron chi connectivity index (χ1n) is 11.4. The van der Waals surface area contributed by atoms with Crippen LogP contribution in [0.2, 0.25) is 0 Å². The fraction of sp³-hybridized carbons (Fsp3) is 0.696. The van der Waals surface area contributed by atoms with Crippen LogP contribution in [0, 0.1) is 11.8 Å². The maximum absolute atomic E-state index is 13.2. The summed E-state index contributed by atoms with van der Waals surface area (Å²) in [6.07, 6.45) is 8.27. The fourth-order valence-electron chi connectivity index (χ4n) is 5.09. The van der Waals surface area contributed by atoms with Crippen LogP contribution in [0.1, 0.15) is 76.0 Å². The highest BCUT2D eigenvalue weighted by Crippen LogP contribution is 2.35. The van der Waals surface area contributed by atoms with Gasteiger partial charge in [-0.25, -0.2) is 0 Å². The number of likely N-dealkylation sites (tertiary alicyclic amines) is 1. The van der Waals surface area contributed by atoms with Crippen LogP contribution in [-0.4, -0.2) is 43.9 Å². The van der Waals surface area contributed by atoms with Gasteiger partial charge in [0.25, 0.3) is 0 Å². The van der Waals surface area contributed by atoms with Gasteiger partial charge in [-0.1, -0.05) is 50.9 Å². The van der Waals surface area contributed by atoms with Gasteiger partial charge in [0.1, 0.15) is 5.82 Å². The SMILES string of the molecule is CC1CC(C)CN(C(=O)C(C)Sc2nnc(Cc3cccs3)n2C2CCCCC2)C1. The highest BCUT2D eigenvalue weighted by Gasteiger charge is 2.31.